The third kappa shape index (κ3) is 9.02. The van der Waals surface area contributed by atoms with Gasteiger partial charge in [-0.1, -0.05) is 19.9 Å². The molecule has 0 aliphatic carbocycles. The van der Waals surface area contributed by atoms with Crippen molar-refractivity contribution in [2.45, 2.75) is 126 Å². The summed E-state index contributed by atoms with van der Waals surface area (Å²) in [7, 11) is 0. The molecule has 0 spiro atoms. The Kier molecular flexibility index (Phi) is 13.4. The molecule has 0 saturated carbocycles. The van der Waals surface area contributed by atoms with Crippen molar-refractivity contribution in [1.82, 2.24) is 20.2 Å². The van der Waals surface area contributed by atoms with Gasteiger partial charge < -0.3 is 70.4 Å². The zero-order valence-electron chi connectivity index (χ0n) is 27.5. The van der Waals surface area contributed by atoms with Gasteiger partial charge in [0.05, 0.1) is 18.8 Å². The van der Waals surface area contributed by atoms with Crippen LogP contribution in [-0.4, -0.2) is 155 Å². The maximum absolute atomic E-state index is 12.8. The molecule has 4 rings (SSSR count). The third-order valence-corrected chi connectivity index (χ3v) is 8.66. The number of aliphatic hydroxyl groups is 8. The van der Waals surface area contributed by atoms with Gasteiger partial charge in [-0.3, -0.25) is 23.9 Å². The minimum atomic E-state index is -1.85. The highest BCUT2D eigenvalue weighted by Gasteiger charge is 2.53. The molecular weight excluding hydrogens is 672 g/mol. The van der Waals surface area contributed by atoms with Crippen molar-refractivity contribution in [1.29, 1.82) is 0 Å². The van der Waals surface area contributed by atoms with Crippen molar-refractivity contribution in [3.63, 3.8) is 0 Å². The summed E-state index contributed by atoms with van der Waals surface area (Å²) >= 11 is 0. The summed E-state index contributed by atoms with van der Waals surface area (Å²) in [6, 6.07) is -2.02. The Morgan fingerprint density at radius 2 is 1.52 bits per heavy atom. The number of aliphatic hydroxyl groups excluding tert-OH is 8. The first-order valence-corrected chi connectivity index (χ1v) is 16.1. The van der Waals surface area contributed by atoms with Gasteiger partial charge in [0.15, 0.2) is 18.8 Å². The van der Waals surface area contributed by atoms with Crippen molar-refractivity contribution in [3.05, 3.63) is 45.3 Å². The number of aromatic nitrogens is 2. The fourth-order valence-corrected chi connectivity index (χ4v) is 6.01. The zero-order valence-corrected chi connectivity index (χ0v) is 27.5. The van der Waals surface area contributed by atoms with E-state index < -0.39 is 128 Å². The van der Waals surface area contributed by atoms with Crippen molar-refractivity contribution in [2.24, 2.45) is 5.92 Å². The van der Waals surface area contributed by atoms with Crippen LogP contribution < -0.4 is 21.9 Å². The molecule has 50 heavy (non-hydrogen) atoms. The predicted molar refractivity (Wildman–Crippen MR) is 166 cm³/mol. The van der Waals surface area contributed by atoms with E-state index in [0.717, 1.165) is 23.8 Å². The summed E-state index contributed by atoms with van der Waals surface area (Å²) < 4.78 is 23.8. The van der Waals surface area contributed by atoms with Crippen LogP contribution in [0.4, 0.5) is 0 Å². The van der Waals surface area contributed by atoms with Crippen LogP contribution in [0.25, 0.3) is 0 Å². The Hall–Kier alpha value is -3.12. The summed E-state index contributed by atoms with van der Waals surface area (Å²) in [5, 5.41) is 90.4. The lowest BCUT2D eigenvalue weighted by atomic mass is 9.91. The molecule has 3 fully saturated rings. The lowest BCUT2D eigenvalue weighted by Gasteiger charge is -2.47. The topological polar surface area (TPSA) is 312 Å². The Balaban J connectivity index is 1.58. The van der Waals surface area contributed by atoms with Gasteiger partial charge in [-0.15, -0.1) is 0 Å². The molecule has 4 heterocycles. The number of carbonyl (C=O) groups excluding carboxylic acids is 2. The summed E-state index contributed by atoms with van der Waals surface area (Å²) in [6.45, 7) is 4.19. The Morgan fingerprint density at radius 3 is 2.10 bits per heavy atom. The van der Waals surface area contributed by atoms with Gasteiger partial charge >= 0.3 is 5.69 Å². The monoisotopic (exact) mass is 718 g/mol. The molecule has 20 heteroatoms. The van der Waals surface area contributed by atoms with Gasteiger partial charge in [0.25, 0.3) is 5.56 Å². The van der Waals surface area contributed by atoms with Gasteiger partial charge in [-0.05, 0) is 18.4 Å². The second-order valence-electron chi connectivity index (χ2n) is 13.0. The number of allylic oxidation sites excluding steroid dienone is 1. The minimum absolute atomic E-state index is 0.222. The number of amides is 2. The molecule has 1 aromatic heterocycles. The van der Waals surface area contributed by atoms with Gasteiger partial charge in [0, 0.05) is 25.6 Å². The first kappa shape index (κ1) is 39.7. The van der Waals surface area contributed by atoms with Crippen LogP contribution in [0.5, 0.6) is 0 Å². The normalized spacial score (nSPS) is 38.3. The number of carbonyl (C=O) groups is 2. The third-order valence-electron chi connectivity index (χ3n) is 8.66. The second kappa shape index (κ2) is 16.9. The average molecular weight is 719 g/mol. The summed E-state index contributed by atoms with van der Waals surface area (Å²) in [4.78, 5) is 50.5. The SMILES string of the molecule is CC(=O)NC1C(OC2OC(CC(O)C3OC(n4ccc(=O)[nH]c4=O)C(O)C3O)C(O)C(O)C2NC(=O)/C=C\CC(C)C)OC(CO)C(O)C1O. The second-order valence-corrected chi connectivity index (χ2v) is 13.0. The number of hydrogen-bond donors (Lipinski definition) is 11. The Labute approximate surface area is 284 Å². The molecule has 282 valence electrons. The maximum Gasteiger partial charge on any atom is 0.330 e. The number of rotatable bonds is 12. The van der Waals surface area contributed by atoms with E-state index in [1.165, 1.54) is 6.08 Å². The standard InChI is InChI=1S/C30H46N4O16/c1-11(2)5-4-6-16(38)32-19-23(43)20(40)14(47-29(19)50-28-18(31-12(3)36)22(42)21(41)15(10-35)48-28)9-13(37)26-24(44)25(45)27(49-26)34-8-7-17(39)33-30(34)46/h4,6-8,11,13-15,18-29,35,37,40-45H,5,9-10H2,1-3H3,(H,31,36)(H,32,38)(H,33,39,46)/b6-4-. The highest BCUT2D eigenvalue weighted by Crippen LogP contribution is 2.34. The smallest absolute Gasteiger partial charge is 0.330 e. The van der Waals surface area contributed by atoms with Crippen LogP contribution in [-0.2, 0) is 28.5 Å². The van der Waals surface area contributed by atoms with Crippen LogP contribution in [0.3, 0.4) is 0 Å². The number of H-pyrrole nitrogens is 1. The zero-order chi connectivity index (χ0) is 37.0. The van der Waals surface area contributed by atoms with Crippen molar-refractivity contribution < 1.29 is 69.4 Å². The lowest BCUT2D eigenvalue weighted by molar-refractivity contribution is -0.346. The fraction of sp³-hybridized carbons (Fsp3) is 0.733. The Morgan fingerprint density at radius 1 is 0.920 bits per heavy atom. The molecule has 0 radical (unpaired) electrons. The fourth-order valence-electron chi connectivity index (χ4n) is 6.01. The van der Waals surface area contributed by atoms with Gasteiger partial charge in [-0.25, -0.2) is 4.79 Å². The lowest BCUT2D eigenvalue weighted by Crippen LogP contribution is -2.68. The first-order chi connectivity index (χ1) is 23.5. The van der Waals surface area contributed by atoms with Crippen LogP contribution in [0.15, 0.2) is 34.0 Å². The maximum atomic E-state index is 12.8. The van der Waals surface area contributed by atoms with Crippen LogP contribution in [0, 0.1) is 5.92 Å². The predicted octanol–water partition coefficient (Wildman–Crippen LogP) is -5.60. The first-order valence-electron chi connectivity index (χ1n) is 16.1. The van der Waals surface area contributed by atoms with Crippen molar-refractivity contribution in [2.75, 3.05) is 6.61 Å². The van der Waals surface area contributed by atoms with E-state index in [1.807, 2.05) is 18.8 Å². The molecule has 2 amide bonds. The molecule has 3 aliphatic heterocycles. The Bertz CT molecular complexity index is 1450. The van der Waals surface area contributed by atoms with Crippen LogP contribution in [0.2, 0.25) is 0 Å². The molecule has 3 aliphatic rings. The van der Waals surface area contributed by atoms with E-state index in [1.54, 1.807) is 6.08 Å². The largest absolute Gasteiger partial charge is 0.394 e. The van der Waals surface area contributed by atoms with Gasteiger partial charge in [0.1, 0.15) is 60.9 Å². The van der Waals surface area contributed by atoms with E-state index >= 15 is 0 Å². The molecular formula is C30H46N4O16. The van der Waals surface area contributed by atoms with Crippen molar-refractivity contribution in [3.8, 4) is 0 Å². The number of nitrogens with zero attached hydrogens (tertiary/aromatic N) is 1. The van der Waals surface area contributed by atoms with Crippen LogP contribution >= 0.6 is 0 Å². The molecule has 3 saturated heterocycles. The van der Waals surface area contributed by atoms with E-state index in [9.17, 15) is 60.0 Å². The molecule has 20 nitrogen and oxygen atoms in total. The minimum Gasteiger partial charge on any atom is -0.394 e. The molecule has 15 atom stereocenters. The average Bonchev–Trinajstić information content (AvgIpc) is 3.34. The number of hydrogen-bond acceptors (Lipinski definition) is 16. The molecule has 15 unspecified atom stereocenters. The highest BCUT2D eigenvalue weighted by atomic mass is 16.8. The molecule has 0 bridgehead atoms. The molecule has 1 aromatic rings. The highest BCUT2D eigenvalue weighted by molar-refractivity contribution is 5.87. The molecule has 0 aromatic carbocycles. The van der Waals surface area contributed by atoms with Crippen LogP contribution in [0.1, 0.15) is 39.8 Å². The summed E-state index contributed by atoms with van der Waals surface area (Å²) in [6.07, 6.45) is -18.1. The number of aromatic amines is 1. The van der Waals surface area contributed by atoms with Crippen molar-refractivity contribution >= 4 is 11.8 Å². The summed E-state index contributed by atoms with van der Waals surface area (Å²) in [5.74, 6) is -1.16. The summed E-state index contributed by atoms with van der Waals surface area (Å²) in [5.41, 5.74) is -1.69. The quantitative estimate of drug-likeness (QED) is 0.0898. The number of nitrogens with one attached hydrogen (secondary N) is 3. The van der Waals surface area contributed by atoms with E-state index in [4.69, 9.17) is 18.9 Å². The van der Waals surface area contributed by atoms with E-state index in [0.29, 0.717) is 6.42 Å². The van der Waals surface area contributed by atoms with Gasteiger partial charge in [0.2, 0.25) is 11.8 Å². The van der Waals surface area contributed by atoms with Gasteiger partial charge in [-0.2, -0.15) is 0 Å². The molecule has 11 N–H and O–H groups in total. The number of ether oxygens (including phenoxy) is 4. The van der Waals surface area contributed by atoms with E-state index in [-0.39, 0.29) is 5.92 Å². The van der Waals surface area contributed by atoms with E-state index in [2.05, 4.69) is 10.6 Å².